The smallest absolute Gasteiger partial charge is 0.0675 e. The first-order chi connectivity index (χ1) is 19.4. The van der Waals surface area contributed by atoms with Crippen LogP contribution in [-0.2, 0) is 0 Å². The zero-order valence-corrected chi connectivity index (χ0v) is 21.2. The third-order valence-electron chi connectivity index (χ3n) is 9.70. The van der Waals surface area contributed by atoms with Crippen molar-refractivity contribution in [3.05, 3.63) is 171 Å². The molecule has 6 aromatic rings. The van der Waals surface area contributed by atoms with E-state index < -0.39 is 0 Å². The zero-order chi connectivity index (χ0) is 25.2. The zero-order valence-electron chi connectivity index (χ0n) is 21.2. The van der Waals surface area contributed by atoms with Crippen LogP contribution in [0.1, 0.15) is 67.8 Å². The summed E-state index contributed by atoms with van der Waals surface area (Å²) in [6.07, 6.45) is 0. The van der Waals surface area contributed by atoms with Crippen molar-refractivity contribution in [2.24, 2.45) is 4.99 Å². The monoisotopic (exact) mass is 493 g/mol. The van der Waals surface area contributed by atoms with Gasteiger partial charge in [-0.25, -0.2) is 0 Å². The first kappa shape index (κ1) is 20.2. The van der Waals surface area contributed by atoms with Crippen molar-refractivity contribution in [2.75, 3.05) is 0 Å². The highest BCUT2D eigenvalue weighted by Crippen LogP contribution is 2.59. The van der Waals surface area contributed by atoms with Gasteiger partial charge in [0.1, 0.15) is 0 Å². The summed E-state index contributed by atoms with van der Waals surface area (Å²) in [7, 11) is 0. The van der Waals surface area contributed by atoms with Gasteiger partial charge in [0.2, 0.25) is 0 Å². The Balaban J connectivity index is 1.32. The Labute approximate surface area is 227 Å². The lowest BCUT2D eigenvalue weighted by Crippen LogP contribution is -2.28. The van der Waals surface area contributed by atoms with Crippen molar-refractivity contribution in [3.63, 3.8) is 0 Å². The van der Waals surface area contributed by atoms with Crippen LogP contribution in [0.3, 0.4) is 0 Å². The van der Waals surface area contributed by atoms with Crippen LogP contribution in [0.5, 0.6) is 0 Å². The molecule has 0 saturated carbocycles. The quantitative estimate of drug-likeness (QED) is 0.200. The molecule has 0 aromatic heterocycles. The van der Waals surface area contributed by atoms with Gasteiger partial charge in [0, 0.05) is 17.4 Å². The van der Waals surface area contributed by atoms with E-state index in [1.165, 1.54) is 77.7 Å². The van der Waals surface area contributed by atoms with Crippen LogP contribution in [-0.4, -0.2) is 5.71 Å². The van der Waals surface area contributed by atoms with Crippen molar-refractivity contribution in [1.82, 2.24) is 0 Å². The molecule has 0 radical (unpaired) electrons. The van der Waals surface area contributed by atoms with Crippen LogP contribution in [0.15, 0.2) is 126 Å². The second-order valence-electron chi connectivity index (χ2n) is 11.3. The average Bonchev–Trinajstić information content (AvgIpc) is 3.40. The van der Waals surface area contributed by atoms with Crippen LogP contribution < -0.4 is 0 Å². The van der Waals surface area contributed by atoms with E-state index in [0.717, 1.165) is 5.69 Å². The van der Waals surface area contributed by atoms with E-state index in [1.807, 2.05) is 0 Å². The first-order valence-corrected chi connectivity index (χ1v) is 13.9. The molecule has 0 amide bonds. The second kappa shape index (κ2) is 7.01. The molecule has 5 aliphatic rings. The van der Waals surface area contributed by atoms with E-state index in [2.05, 4.69) is 121 Å². The number of hydrogen-bond donors (Lipinski definition) is 0. The standard InChI is InChI=1S/C38H23N/c1-6-14-29-21(9-1)26-17-18-28-27(35(26)37-30-15-7-8-16-32(30)39-38(29)37)19-20-31-33-22-10-2-4-12-24(22)34(36(28)31)25-13-5-3-11-23(25)33/h1-20,33-34,37H. The largest absolute Gasteiger partial charge is 0.251 e. The topological polar surface area (TPSA) is 12.4 Å². The maximum atomic E-state index is 5.22. The summed E-state index contributed by atoms with van der Waals surface area (Å²) in [5.74, 6) is 0.718. The SMILES string of the molecule is c1ccc2c(c1)N=C1c3ccccc3-c3ccc4c5c(ccc4c3C12)C1c2ccccc2C5c2ccccc21. The highest BCUT2D eigenvalue weighted by molar-refractivity contribution is 6.20. The summed E-state index contributed by atoms with van der Waals surface area (Å²) in [5, 5.41) is 2.77. The predicted molar refractivity (Wildman–Crippen MR) is 159 cm³/mol. The fourth-order valence-corrected chi connectivity index (χ4v) is 8.27. The van der Waals surface area contributed by atoms with Gasteiger partial charge in [-0.3, -0.25) is 4.99 Å². The number of para-hydroxylation sites is 1. The third-order valence-corrected chi connectivity index (χ3v) is 9.70. The van der Waals surface area contributed by atoms with Gasteiger partial charge < -0.3 is 0 Å². The van der Waals surface area contributed by atoms with Gasteiger partial charge in [-0.05, 0) is 72.5 Å². The van der Waals surface area contributed by atoms with Gasteiger partial charge in [-0.15, -0.1) is 0 Å². The molecule has 1 heteroatoms. The molecule has 0 N–H and O–H groups in total. The number of fused-ring (bicyclic) bond motifs is 10. The Hall–Kier alpha value is -4.75. The lowest BCUT2D eigenvalue weighted by atomic mass is 9.60. The lowest BCUT2D eigenvalue weighted by molar-refractivity contribution is 0.761. The third kappa shape index (κ3) is 2.36. The van der Waals surface area contributed by atoms with Crippen molar-refractivity contribution in [2.45, 2.75) is 17.8 Å². The van der Waals surface area contributed by atoms with E-state index >= 15 is 0 Å². The Morgan fingerprint density at radius 1 is 0.359 bits per heavy atom. The Morgan fingerprint density at radius 2 is 0.923 bits per heavy atom. The Morgan fingerprint density at radius 3 is 1.67 bits per heavy atom. The maximum absolute atomic E-state index is 5.22. The van der Waals surface area contributed by atoms with Crippen molar-refractivity contribution >= 4 is 22.2 Å². The minimum Gasteiger partial charge on any atom is -0.251 e. The molecule has 6 aromatic carbocycles. The highest BCUT2D eigenvalue weighted by Gasteiger charge is 2.43. The van der Waals surface area contributed by atoms with Crippen LogP contribution in [0.4, 0.5) is 5.69 Å². The van der Waals surface area contributed by atoms with Gasteiger partial charge in [-0.2, -0.15) is 0 Å². The molecule has 4 aliphatic carbocycles. The molecule has 180 valence electrons. The molecule has 1 nitrogen and oxygen atoms in total. The summed E-state index contributed by atoms with van der Waals surface area (Å²) in [4.78, 5) is 5.22. The van der Waals surface area contributed by atoms with E-state index in [-0.39, 0.29) is 11.8 Å². The predicted octanol–water partition coefficient (Wildman–Crippen LogP) is 9.07. The second-order valence-corrected chi connectivity index (χ2v) is 11.3. The molecule has 2 bridgehead atoms. The minimum atomic E-state index is 0.160. The molecule has 39 heavy (non-hydrogen) atoms. The molecule has 11 rings (SSSR count). The number of hydrogen-bond acceptors (Lipinski definition) is 1. The molecule has 0 saturated heterocycles. The molecule has 0 fully saturated rings. The summed E-state index contributed by atoms with van der Waals surface area (Å²) in [6.45, 7) is 0. The van der Waals surface area contributed by atoms with Gasteiger partial charge >= 0.3 is 0 Å². The summed E-state index contributed by atoms with van der Waals surface area (Å²) in [6, 6.07) is 45.5. The van der Waals surface area contributed by atoms with E-state index in [9.17, 15) is 0 Å². The number of rotatable bonds is 0. The van der Waals surface area contributed by atoms with E-state index in [0.29, 0.717) is 5.92 Å². The molecule has 1 atom stereocenters. The Kier molecular flexibility index (Phi) is 3.64. The van der Waals surface area contributed by atoms with Crippen LogP contribution in [0, 0.1) is 0 Å². The summed E-state index contributed by atoms with van der Waals surface area (Å²) < 4.78 is 0. The van der Waals surface area contributed by atoms with Crippen LogP contribution in [0.25, 0.3) is 21.9 Å². The van der Waals surface area contributed by atoms with Gasteiger partial charge in [0.15, 0.2) is 0 Å². The lowest BCUT2D eigenvalue weighted by Gasteiger charge is -2.43. The number of aliphatic imine (C=N–C) groups is 1. The normalized spacial score (nSPS) is 20.2. The average molecular weight is 494 g/mol. The molecule has 0 spiro atoms. The number of nitrogens with zero attached hydrogens (tertiary/aromatic N) is 1. The van der Waals surface area contributed by atoms with E-state index in [1.54, 1.807) is 0 Å². The minimum absolute atomic E-state index is 0.160. The molecular formula is C38H23N. The van der Waals surface area contributed by atoms with Crippen molar-refractivity contribution < 1.29 is 0 Å². The van der Waals surface area contributed by atoms with Crippen LogP contribution in [0.2, 0.25) is 0 Å². The highest BCUT2D eigenvalue weighted by atomic mass is 14.8. The molecule has 1 aliphatic heterocycles. The first-order valence-electron chi connectivity index (χ1n) is 13.9. The Bertz CT molecular complexity index is 2050. The van der Waals surface area contributed by atoms with Crippen LogP contribution >= 0.6 is 0 Å². The molecule has 1 heterocycles. The maximum Gasteiger partial charge on any atom is 0.0675 e. The number of benzene rings is 6. The molecular weight excluding hydrogens is 470 g/mol. The van der Waals surface area contributed by atoms with E-state index in [4.69, 9.17) is 4.99 Å². The van der Waals surface area contributed by atoms with Gasteiger partial charge in [-0.1, -0.05) is 115 Å². The van der Waals surface area contributed by atoms with Crippen molar-refractivity contribution in [3.8, 4) is 11.1 Å². The molecule has 1 unspecified atom stereocenters. The van der Waals surface area contributed by atoms with Crippen molar-refractivity contribution in [1.29, 1.82) is 0 Å². The fraction of sp³-hybridized carbons (Fsp3) is 0.0789. The van der Waals surface area contributed by atoms with Gasteiger partial charge in [0.05, 0.1) is 17.3 Å². The summed E-state index contributed by atoms with van der Waals surface area (Å²) >= 11 is 0. The van der Waals surface area contributed by atoms with Gasteiger partial charge in [0.25, 0.3) is 0 Å². The summed E-state index contributed by atoms with van der Waals surface area (Å²) in [5.41, 5.74) is 17.8. The fourth-order valence-electron chi connectivity index (χ4n) is 8.27.